The van der Waals surface area contributed by atoms with Crippen LogP contribution in [0.15, 0.2) is 119 Å². The van der Waals surface area contributed by atoms with Crippen LogP contribution in [0.4, 0.5) is 0 Å². The van der Waals surface area contributed by atoms with Gasteiger partial charge in [-0.1, -0.05) is 78.1 Å². The van der Waals surface area contributed by atoms with E-state index in [-0.39, 0.29) is 17.7 Å². The SMILES string of the molecule is C=CCOC(=O)C1=C(C)N=c2sc(=Cc3cn(-c4ccccc4)nc3-c3ccc(Cl)cc3)c(=O)n2C1c1ccc(OC(C)=O)cc1. The van der Waals surface area contributed by atoms with Gasteiger partial charge in [-0.15, -0.1) is 0 Å². The molecule has 0 amide bonds. The second-order valence-electron chi connectivity index (χ2n) is 10.4. The molecule has 46 heavy (non-hydrogen) atoms. The average molecular weight is 651 g/mol. The Bertz CT molecular complexity index is 2180. The highest BCUT2D eigenvalue weighted by molar-refractivity contribution is 7.07. The lowest BCUT2D eigenvalue weighted by Crippen LogP contribution is -2.39. The molecule has 3 aromatic carbocycles. The Kier molecular flexibility index (Phi) is 8.65. The fraction of sp³-hybridized carbons (Fsp3) is 0.114. The van der Waals surface area contributed by atoms with E-state index >= 15 is 0 Å². The molecule has 6 rings (SSSR count). The van der Waals surface area contributed by atoms with Gasteiger partial charge in [0, 0.05) is 29.3 Å². The summed E-state index contributed by atoms with van der Waals surface area (Å²) < 4.78 is 14.3. The molecule has 0 aliphatic carbocycles. The maximum absolute atomic E-state index is 14.2. The van der Waals surface area contributed by atoms with Crippen LogP contribution in [-0.4, -0.2) is 32.9 Å². The van der Waals surface area contributed by atoms with Crippen LogP contribution in [0.3, 0.4) is 0 Å². The van der Waals surface area contributed by atoms with Gasteiger partial charge in [0.25, 0.3) is 5.56 Å². The zero-order valence-corrected chi connectivity index (χ0v) is 26.4. The fourth-order valence-corrected chi connectivity index (χ4v) is 6.34. The number of para-hydroxylation sites is 1. The van der Waals surface area contributed by atoms with Crippen molar-refractivity contribution in [3.63, 3.8) is 0 Å². The van der Waals surface area contributed by atoms with Gasteiger partial charge in [-0.05, 0) is 55.0 Å². The summed E-state index contributed by atoms with van der Waals surface area (Å²) in [6.45, 7) is 6.65. The second kappa shape index (κ2) is 13.0. The summed E-state index contributed by atoms with van der Waals surface area (Å²) in [4.78, 5) is 44.2. The molecule has 3 heterocycles. The maximum Gasteiger partial charge on any atom is 0.338 e. The first-order valence-electron chi connectivity index (χ1n) is 14.2. The van der Waals surface area contributed by atoms with Crippen molar-refractivity contribution in [3.8, 4) is 22.7 Å². The highest BCUT2D eigenvalue weighted by Crippen LogP contribution is 2.32. The largest absolute Gasteiger partial charge is 0.458 e. The topological polar surface area (TPSA) is 105 Å². The molecule has 1 aliphatic heterocycles. The number of carbonyl (C=O) groups is 2. The van der Waals surface area contributed by atoms with Gasteiger partial charge in [0.05, 0.1) is 27.5 Å². The third-order valence-corrected chi connectivity index (χ3v) is 8.43. The quantitative estimate of drug-likeness (QED) is 0.127. The van der Waals surface area contributed by atoms with Crippen LogP contribution >= 0.6 is 22.9 Å². The standard InChI is InChI=1S/C35H27ClN4O5S/c1-4-18-44-34(43)30-21(2)37-35-40(32(30)24-12-16-28(17-13-24)45-22(3)41)33(42)29(46-35)19-25-20-39(27-8-6-5-7-9-27)38-31(25)23-10-14-26(36)15-11-23/h4-17,19-20,32H,1,18H2,2-3H3. The van der Waals surface area contributed by atoms with E-state index in [9.17, 15) is 14.4 Å². The van der Waals surface area contributed by atoms with Crippen LogP contribution in [0.2, 0.25) is 5.02 Å². The summed E-state index contributed by atoms with van der Waals surface area (Å²) in [7, 11) is 0. The molecule has 1 aliphatic rings. The number of rotatable bonds is 8. The van der Waals surface area contributed by atoms with Crippen molar-refractivity contribution < 1.29 is 19.1 Å². The molecule has 0 N–H and O–H groups in total. The zero-order chi connectivity index (χ0) is 32.4. The predicted octanol–water partition coefficient (Wildman–Crippen LogP) is 5.40. The van der Waals surface area contributed by atoms with E-state index in [1.807, 2.05) is 48.7 Å². The zero-order valence-electron chi connectivity index (χ0n) is 24.8. The third-order valence-electron chi connectivity index (χ3n) is 7.20. The molecule has 0 saturated carbocycles. The van der Waals surface area contributed by atoms with Crippen molar-refractivity contribution in [2.45, 2.75) is 19.9 Å². The van der Waals surface area contributed by atoms with Crippen LogP contribution in [0.1, 0.15) is 31.0 Å². The van der Waals surface area contributed by atoms with Gasteiger partial charge in [-0.25, -0.2) is 14.5 Å². The van der Waals surface area contributed by atoms with E-state index in [1.54, 1.807) is 54.1 Å². The number of allylic oxidation sites excluding steroid dienone is 1. The van der Waals surface area contributed by atoms with Crippen molar-refractivity contribution >= 4 is 41.0 Å². The lowest BCUT2D eigenvalue weighted by Gasteiger charge is -2.24. The van der Waals surface area contributed by atoms with Crippen molar-refractivity contribution in [3.05, 3.63) is 145 Å². The maximum atomic E-state index is 14.2. The summed E-state index contributed by atoms with van der Waals surface area (Å²) in [6, 6.07) is 22.8. The highest BCUT2D eigenvalue weighted by Gasteiger charge is 2.33. The monoisotopic (exact) mass is 650 g/mol. The summed E-state index contributed by atoms with van der Waals surface area (Å²) in [5, 5.41) is 5.45. The van der Waals surface area contributed by atoms with E-state index in [1.165, 1.54) is 28.9 Å². The minimum atomic E-state index is -0.843. The highest BCUT2D eigenvalue weighted by atomic mass is 35.5. The first-order valence-corrected chi connectivity index (χ1v) is 15.4. The van der Waals surface area contributed by atoms with Gasteiger partial charge in [0.2, 0.25) is 0 Å². The molecule has 2 aromatic heterocycles. The van der Waals surface area contributed by atoms with E-state index in [2.05, 4.69) is 11.6 Å². The predicted molar refractivity (Wildman–Crippen MR) is 177 cm³/mol. The number of nitrogens with zero attached hydrogens (tertiary/aromatic N) is 4. The first-order chi connectivity index (χ1) is 22.2. The van der Waals surface area contributed by atoms with Gasteiger partial charge in [-0.3, -0.25) is 14.2 Å². The van der Waals surface area contributed by atoms with Crippen molar-refractivity contribution in [2.24, 2.45) is 4.99 Å². The Morgan fingerprint density at radius 2 is 1.76 bits per heavy atom. The van der Waals surface area contributed by atoms with Crippen LogP contribution in [0.5, 0.6) is 5.75 Å². The number of thiazole rings is 1. The Hall–Kier alpha value is -5.32. The molecule has 0 bridgehead atoms. The molecule has 0 saturated heterocycles. The molecule has 9 nitrogen and oxygen atoms in total. The number of esters is 2. The molecule has 230 valence electrons. The van der Waals surface area contributed by atoms with E-state index < -0.39 is 18.0 Å². The number of hydrogen-bond donors (Lipinski definition) is 0. The summed E-state index contributed by atoms with van der Waals surface area (Å²) >= 11 is 7.38. The summed E-state index contributed by atoms with van der Waals surface area (Å²) in [5.41, 5.74) is 3.97. The van der Waals surface area contributed by atoms with E-state index in [0.717, 1.165) is 11.3 Å². The van der Waals surface area contributed by atoms with Gasteiger partial charge in [-0.2, -0.15) is 5.10 Å². The fourth-order valence-electron chi connectivity index (χ4n) is 5.17. The minimum absolute atomic E-state index is 0.00295. The smallest absolute Gasteiger partial charge is 0.338 e. The van der Waals surface area contributed by atoms with Gasteiger partial charge >= 0.3 is 11.9 Å². The second-order valence-corrected chi connectivity index (χ2v) is 11.8. The lowest BCUT2D eigenvalue weighted by atomic mass is 9.96. The number of halogens is 1. The molecular formula is C35H27ClN4O5S. The van der Waals surface area contributed by atoms with Gasteiger partial charge < -0.3 is 9.47 Å². The van der Waals surface area contributed by atoms with Gasteiger partial charge in [0.15, 0.2) is 4.80 Å². The molecule has 0 radical (unpaired) electrons. The number of carbonyl (C=O) groups excluding carboxylic acids is 2. The molecule has 0 spiro atoms. The van der Waals surface area contributed by atoms with Crippen molar-refractivity contribution in [1.82, 2.24) is 14.3 Å². The minimum Gasteiger partial charge on any atom is -0.458 e. The molecule has 1 atom stereocenters. The molecule has 5 aromatic rings. The van der Waals surface area contributed by atoms with Crippen molar-refractivity contribution in [2.75, 3.05) is 6.61 Å². The number of ether oxygens (including phenoxy) is 2. The third kappa shape index (κ3) is 6.13. The first kappa shape index (κ1) is 30.7. The number of hydrogen-bond acceptors (Lipinski definition) is 8. The van der Waals surface area contributed by atoms with Crippen LogP contribution in [0, 0.1) is 0 Å². The molecule has 0 fully saturated rings. The Morgan fingerprint density at radius 3 is 2.43 bits per heavy atom. The van der Waals surface area contributed by atoms with E-state index in [0.29, 0.717) is 42.6 Å². The lowest BCUT2D eigenvalue weighted by molar-refractivity contribution is -0.138. The molecular weight excluding hydrogens is 624 g/mol. The Labute approximate surface area is 272 Å². The number of benzene rings is 3. The van der Waals surface area contributed by atoms with Crippen LogP contribution < -0.4 is 19.6 Å². The van der Waals surface area contributed by atoms with Crippen molar-refractivity contribution in [1.29, 1.82) is 0 Å². The number of fused-ring (bicyclic) bond motifs is 1. The normalized spacial score (nSPS) is 14.4. The summed E-state index contributed by atoms with van der Waals surface area (Å²) in [5.74, 6) is -0.734. The van der Waals surface area contributed by atoms with Crippen LogP contribution in [0.25, 0.3) is 23.0 Å². The van der Waals surface area contributed by atoms with E-state index in [4.69, 9.17) is 26.2 Å². The van der Waals surface area contributed by atoms with Gasteiger partial charge in [0.1, 0.15) is 18.1 Å². The van der Waals surface area contributed by atoms with Crippen LogP contribution in [-0.2, 0) is 14.3 Å². The average Bonchev–Trinajstić information content (AvgIpc) is 3.60. The Morgan fingerprint density at radius 1 is 1.04 bits per heavy atom. The number of aromatic nitrogens is 3. The molecule has 11 heteroatoms. The molecule has 1 unspecified atom stereocenters. The summed E-state index contributed by atoms with van der Waals surface area (Å²) in [6.07, 6.45) is 5.13. The Balaban J connectivity index is 1.53.